The maximum Gasteiger partial charge on any atom is 0.328 e. The highest BCUT2D eigenvalue weighted by Crippen LogP contribution is 2.04. The summed E-state index contributed by atoms with van der Waals surface area (Å²) >= 11 is 0. The molecule has 0 aliphatic rings. The zero-order chi connectivity index (χ0) is 15.1. The first-order valence-electron chi connectivity index (χ1n) is 6.42. The van der Waals surface area contributed by atoms with E-state index in [1.807, 2.05) is 30.3 Å². The first kappa shape index (κ1) is 16.1. The molecule has 1 rings (SSSR count). The molecule has 0 aliphatic carbocycles. The molecule has 20 heavy (non-hydrogen) atoms. The van der Waals surface area contributed by atoms with Gasteiger partial charge in [-0.3, -0.25) is 4.79 Å². The third-order valence-corrected chi connectivity index (χ3v) is 2.97. The molecular weight excluding hydrogens is 260 g/mol. The predicted molar refractivity (Wildman–Crippen MR) is 74.0 cm³/mol. The summed E-state index contributed by atoms with van der Waals surface area (Å²) in [5.41, 5.74) is 6.78. The normalized spacial score (nSPS) is 15.2. The van der Waals surface area contributed by atoms with Crippen molar-refractivity contribution in [3.63, 3.8) is 0 Å². The van der Waals surface area contributed by atoms with Crippen molar-refractivity contribution in [1.82, 2.24) is 5.32 Å². The molecule has 2 unspecified atom stereocenters. The van der Waals surface area contributed by atoms with Crippen LogP contribution in [0.5, 0.6) is 0 Å². The number of nitrogens with two attached hydrogens (primary N) is 1. The van der Waals surface area contributed by atoms with Crippen LogP contribution in [0.3, 0.4) is 0 Å². The van der Waals surface area contributed by atoms with Crippen LogP contribution in [0.1, 0.15) is 18.9 Å². The zero-order valence-corrected chi connectivity index (χ0v) is 11.3. The molecular formula is C14H20N2O4. The summed E-state index contributed by atoms with van der Waals surface area (Å²) in [7, 11) is 0. The van der Waals surface area contributed by atoms with Gasteiger partial charge in [0.25, 0.3) is 0 Å². The van der Waals surface area contributed by atoms with E-state index < -0.39 is 30.1 Å². The van der Waals surface area contributed by atoms with E-state index in [1.165, 1.54) is 6.92 Å². The van der Waals surface area contributed by atoms with E-state index in [2.05, 4.69) is 5.32 Å². The van der Waals surface area contributed by atoms with Gasteiger partial charge in [-0.15, -0.1) is 0 Å². The zero-order valence-electron chi connectivity index (χ0n) is 11.3. The van der Waals surface area contributed by atoms with Crippen LogP contribution in [-0.4, -0.2) is 40.3 Å². The van der Waals surface area contributed by atoms with Crippen molar-refractivity contribution < 1.29 is 19.8 Å². The molecule has 6 nitrogen and oxygen atoms in total. The summed E-state index contributed by atoms with van der Waals surface area (Å²) in [5.74, 6) is -1.86. The van der Waals surface area contributed by atoms with Crippen molar-refractivity contribution in [3.8, 4) is 0 Å². The largest absolute Gasteiger partial charge is 0.480 e. The third kappa shape index (κ3) is 4.99. The van der Waals surface area contributed by atoms with E-state index in [1.54, 1.807) is 0 Å². The summed E-state index contributed by atoms with van der Waals surface area (Å²) in [6.07, 6.45) is -0.151. The molecule has 0 fully saturated rings. The van der Waals surface area contributed by atoms with Crippen molar-refractivity contribution in [2.24, 2.45) is 5.73 Å². The first-order chi connectivity index (χ1) is 9.41. The van der Waals surface area contributed by atoms with Crippen LogP contribution < -0.4 is 11.1 Å². The highest BCUT2D eigenvalue weighted by Gasteiger charge is 2.26. The first-order valence-corrected chi connectivity index (χ1v) is 6.42. The lowest BCUT2D eigenvalue weighted by atomic mass is 10.0. The van der Waals surface area contributed by atoms with E-state index >= 15 is 0 Å². The molecule has 110 valence electrons. The summed E-state index contributed by atoms with van der Waals surface area (Å²) < 4.78 is 0. The summed E-state index contributed by atoms with van der Waals surface area (Å²) in [6, 6.07) is 7.40. The van der Waals surface area contributed by atoms with Gasteiger partial charge < -0.3 is 21.3 Å². The van der Waals surface area contributed by atoms with Crippen molar-refractivity contribution in [3.05, 3.63) is 35.9 Å². The number of hydrogen-bond donors (Lipinski definition) is 4. The lowest BCUT2D eigenvalue weighted by Gasteiger charge is -2.19. The van der Waals surface area contributed by atoms with Gasteiger partial charge >= 0.3 is 5.97 Å². The molecule has 5 N–H and O–H groups in total. The maximum atomic E-state index is 11.8. The molecule has 6 heteroatoms. The second-order valence-electron chi connectivity index (χ2n) is 4.70. The lowest BCUT2D eigenvalue weighted by molar-refractivity contribution is -0.145. The average Bonchev–Trinajstić information content (AvgIpc) is 2.42. The van der Waals surface area contributed by atoms with Gasteiger partial charge in [-0.1, -0.05) is 30.3 Å². The Bertz CT molecular complexity index is 448. The Balaban J connectivity index is 2.48. The Labute approximate surface area is 117 Å². The molecule has 0 radical (unpaired) electrons. The van der Waals surface area contributed by atoms with E-state index in [-0.39, 0.29) is 0 Å². The predicted octanol–water partition coefficient (Wildman–Crippen LogP) is -0.103. The SMILES string of the molecule is CC(O)C(NC(=O)[C@@H](N)CCc1ccccc1)C(=O)O. The summed E-state index contributed by atoms with van der Waals surface area (Å²) in [4.78, 5) is 22.6. The number of benzene rings is 1. The van der Waals surface area contributed by atoms with Crippen molar-refractivity contribution in [2.45, 2.75) is 38.0 Å². The van der Waals surface area contributed by atoms with Gasteiger partial charge in [-0.05, 0) is 25.3 Å². The monoisotopic (exact) mass is 280 g/mol. The molecule has 0 spiro atoms. The number of hydrogen-bond acceptors (Lipinski definition) is 4. The number of carboxylic acid groups (broad SMARTS) is 1. The van der Waals surface area contributed by atoms with Gasteiger partial charge in [0.05, 0.1) is 12.1 Å². The van der Waals surface area contributed by atoms with Crippen LogP contribution in [0.15, 0.2) is 30.3 Å². The lowest BCUT2D eigenvalue weighted by Crippen LogP contribution is -2.52. The number of aliphatic carboxylic acids is 1. The number of rotatable bonds is 7. The fourth-order valence-corrected chi connectivity index (χ4v) is 1.75. The number of carboxylic acids is 1. The Morgan fingerprint density at radius 2 is 1.90 bits per heavy atom. The molecule has 0 heterocycles. The summed E-state index contributed by atoms with van der Waals surface area (Å²) in [5, 5.41) is 20.4. The van der Waals surface area contributed by atoms with Gasteiger partial charge in [0.2, 0.25) is 5.91 Å². The van der Waals surface area contributed by atoms with Gasteiger partial charge in [0, 0.05) is 0 Å². The number of aliphatic hydroxyl groups excluding tert-OH is 1. The highest BCUT2D eigenvalue weighted by atomic mass is 16.4. The van der Waals surface area contributed by atoms with Crippen LogP contribution in [0, 0.1) is 0 Å². The standard InChI is InChI=1S/C14H20N2O4/c1-9(17)12(14(19)20)16-13(18)11(15)8-7-10-5-3-2-4-6-10/h2-6,9,11-12,17H,7-8,15H2,1H3,(H,16,18)(H,19,20)/t9?,11-,12?/m0/s1. The van der Waals surface area contributed by atoms with Crippen LogP contribution in [-0.2, 0) is 16.0 Å². The molecule has 1 aromatic carbocycles. The molecule has 3 atom stereocenters. The van der Waals surface area contributed by atoms with Gasteiger partial charge in [-0.25, -0.2) is 4.79 Å². The molecule has 0 aromatic heterocycles. The average molecular weight is 280 g/mol. The number of nitrogens with one attached hydrogen (secondary N) is 1. The molecule has 0 bridgehead atoms. The van der Waals surface area contributed by atoms with Crippen LogP contribution in [0.4, 0.5) is 0 Å². The fourth-order valence-electron chi connectivity index (χ4n) is 1.75. The Morgan fingerprint density at radius 3 is 2.40 bits per heavy atom. The molecule has 1 aromatic rings. The number of carbonyl (C=O) groups is 2. The molecule has 0 saturated carbocycles. The second-order valence-corrected chi connectivity index (χ2v) is 4.70. The second kappa shape index (κ2) is 7.62. The summed E-state index contributed by atoms with van der Waals surface area (Å²) in [6.45, 7) is 1.30. The van der Waals surface area contributed by atoms with Crippen molar-refractivity contribution in [2.75, 3.05) is 0 Å². The Hall–Kier alpha value is -1.92. The van der Waals surface area contributed by atoms with Crippen molar-refractivity contribution >= 4 is 11.9 Å². The van der Waals surface area contributed by atoms with Crippen LogP contribution in [0.2, 0.25) is 0 Å². The number of carbonyl (C=O) groups excluding carboxylic acids is 1. The quantitative estimate of drug-likeness (QED) is 0.557. The highest BCUT2D eigenvalue weighted by molar-refractivity contribution is 5.87. The minimum Gasteiger partial charge on any atom is -0.480 e. The van der Waals surface area contributed by atoms with Gasteiger partial charge in [0.1, 0.15) is 0 Å². The van der Waals surface area contributed by atoms with Gasteiger partial charge in [0.15, 0.2) is 6.04 Å². The minimum atomic E-state index is -1.34. The molecule has 0 aliphatic heterocycles. The Morgan fingerprint density at radius 1 is 1.30 bits per heavy atom. The Kier molecular flexibility index (Phi) is 6.14. The van der Waals surface area contributed by atoms with Crippen LogP contribution >= 0.6 is 0 Å². The third-order valence-electron chi connectivity index (χ3n) is 2.97. The van der Waals surface area contributed by atoms with Gasteiger partial charge in [-0.2, -0.15) is 0 Å². The molecule has 1 amide bonds. The fraction of sp³-hybridized carbons (Fsp3) is 0.429. The van der Waals surface area contributed by atoms with E-state index in [4.69, 9.17) is 10.8 Å². The number of amides is 1. The maximum absolute atomic E-state index is 11.8. The topological polar surface area (TPSA) is 113 Å². The number of aliphatic hydroxyl groups is 1. The van der Waals surface area contributed by atoms with E-state index in [0.29, 0.717) is 12.8 Å². The molecule has 0 saturated heterocycles. The van der Waals surface area contributed by atoms with E-state index in [9.17, 15) is 14.7 Å². The minimum absolute atomic E-state index is 0.405. The van der Waals surface area contributed by atoms with Crippen LogP contribution in [0.25, 0.3) is 0 Å². The smallest absolute Gasteiger partial charge is 0.328 e. The van der Waals surface area contributed by atoms with E-state index in [0.717, 1.165) is 5.56 Å². The van der Waals surface area contributed by atoms with Crippen molar-refractivity contribution in [1.29, 1.82) is 0 Å². The number of aryl methyl sites for hydroxylation is 1.